The van der Waals surface area contributed by atoms with Crippen molar-refractivity contribution in [2.75, 3.05) is 5.33 Å². The van der Waals surface area contributed by atoms with E-state index in [0.717, 1.165) is 0 Å². The van der Waals surface area contributed by atoms with Gasteiger partial charge in [0.15, 0.2) is 11.7 Å². The summed E-state index contributed by atoms with van der Waals surface area (Å²) in [5, 5.41) is 8.96. The Morgan fingerprint density at radius 3 is 2.92 bits per heavy atom. The summed E-state index contributed by atoms with van der Waals surface area (Å²) < 4.78 is 5.01. The number of hydrogen-bond acceptors (Lipinski definition) is 4. The highest BCUT2D eigenvalue weighted by molar-refractivity contribution is 9.09. The van der Waals surface area contributed by atoms with E-state index in [9.17, 15) is 4.79 Å². The van der Waals surface area contributed by atoms with E-state index in [2.05, 4.69) is 20.9 Å². The Hall–Kier alpha value is -0.680. The van der Waals surface area contributed by atoms with Gasteiger partial charge in [-0.2, -0.15) is 0 Å². The molecule has 66 valence electrons. The first-order chi connectivity index (χ1) is 5.69. The van der Waals surface area contributed by atoms with Gasteiger partial charge in [-0.15, -0.1) is 0 Å². The van der Waals surface area contributed by atoms with Crippen molar-refractivity contribution in [2.24, 2.45) is 0 Å². The third kappa shape index (κ3) is 1.73. The van der Waals surface area contributed by atoms with Gasteiger partial charge >= 0.3 is 0 Å². The van der Waals surface area contributed by atoms with Crippen LogP contribution in [0, 0.1) is 6.92 Å². The van der Waals surface area contributed by atoms with Crippen molar-refractivity contribution in [3.05, 3.63) is 17.3 Å². The molecule has 0 aliphatic rings. The van der Waals surface area contributed by atoms with Crippen molar-refractivity contribution < 1.29 is 14.3 Å². The molecule has 0 bridgehead atoms. The van der Waals surface area contributed by atoms with Crippen molar-refractivity contribution in [1.29, 1.82) is 0 Å². The maximum atomic E-state index is 11.1. The highest BCUT2D eigenvalue weighted by Gasteiger charge is 2.16. The number of aromatic nitrogens is 1. The number of aliphatic hydroxyl groups is 1. The van der Waals surface area contributed by atoms with Gasteiger partial charge in [0.2, 0.25) is 5.78 Å². The van der Waals surface area contributed by atoms with Crippen LogP contribution in [0.3, 0.4) is 0 Å². The first kappa shape index (κ1) is 9.41. The molecule has 0 fully saturated rings. The summed E-state index contributed by atoms with van der Waals surface area (Å²) >= 11 is 3.01. The Kier molecular flexibility index (Phi) is 2.99. The SMILES string of the molecule is Cc1nc(CO)c(C(=O)CBr)o1. The van der Waals surface area contributed by atoms with Gasteiger partial charge in [-0.1, -0.05) is 15.9 Å². The topological polar surface area (TPSA) is 63.3 Å². The number of ketones is 1. The second-order valence-electron chi connectivity index (χ2n) is 2.22. The Morgan fingerprint density at radius 1 is 1.75 bits per heavy atom. The number of halogens is 1. The van der Waals surface area contributed by atoms with Crippen molar-refractivity contribution in [2.45, 2.75) is 13.5 Å². The van der Waals surface area contributed by atoms with Crippen molar-refractivity contribution in [3.63, 3.8) is 0 Å². The predicted molar refractivity (Wildman–Crippen MR) is 45.3 cm³/mol. The molecule has 1 N–H and O–H groups in total. The summed E-state index contributed by atoms with van der Waals surface area (Å²) in [6.45, 7) is 1.36. The summed E-state index contributed by atoms with van der Waals surface area (Å²) in [5.41, 5.74) is 0.303. The molecule has 1 aromatic rings. The third-order valence-corrected chi connectivity index (χ3v) is 1.84. The number of carbonyl (C=O) groups excluding carboxylic acids is 1. The standard InChI is InChI=1S/C7H8BrNO3/c1-4-9-5(3-10)7(12-4)6(11)2-8/h10H,2-3H2,1H3. The number of alkyl halides is 1. The highest BCUT2D eigenvalue weighted by atomic mass is 79.9. The molecule has 1 rings (SSSR count). The Bertz CT molecular complexity index is 295. The average molecular weight is 234 g/mol. The molecule has 0 aliphatic heterocycles. The number of nitrogens with zero attached hydrogens (tertiary/aromatic N) is 1. The van der Waals surface area contributed by atoms with Crippen LogP contribution in [-0.2, 0) is 6.61 Å². The van der Waals surface area contributed by atoms with Crippen molar-refractivity contribution >= 4 is 21.7 Å². The van der Waals surface area contributed by atoms with Crippen molar-refractivity contribution in [3.8, 4) is 0 Å². The molecule has 4 nitrogen and oxygen atoms in total. The van der Waals surface area contributed by atoms with Gasteiger partial charge in [0.25, 0.3) is 0 Å². The molecule has 1 heterocycles. The maximum absolute atomic E-state index is 11.1. The Labute approximate surface area is 77.7 Å². The average Bonchev–Trinajstić information content (AvgIpc) is 2.45. The smallest absolute Gasteiger partial charge is 0.210 e. The van der Waals surface area contributed by atoms with Gasteiger partial charge in [0.05, 0.1) is 11.9 Å². The monoisotopic (exact) mass is 233 g/mol. The first-order valence-corrected chi connectivity index (χ1v) is 4.47. The van der Waals surface area contributed by atoms with E-state index in [1.54, 1.807) is 6.92 Å². The van der Waals surface area contributed by atoms with E-state index in [4.69, 9.17) is 9.52 Å². The molecular formula is C7H8BrNO3. The lowest BCUT2D eigenvalue weighted by molar-refractivity contribution is 0.0988. The second kappa shape index (κ2) is 3.82. The fourth-order valence-corrected chi connectivity index (χ4v) is 1.11. The van der Waals surface area contributed by atoms with Crippen LogP contribution in [-0.4, -0.2) is 21.2 Å². The summed E-state index contributed by atoms with van der Waals surface area (Å²) in [5.74, 6) is 0.329. The molecule has 0 aromatic carbocycles. The lowest BCUT2D eigenvalue weighted by Crippen LogP contribution is -2.02. The zero-order valence-corrected chi connectivity index (χ0v) is 8.09. The predicted octanol–water partition coefficient (Wildman–Crippen LogP) is 1.05. The van der Waals surface area contributed by atoms with E-state index in [-0.39, 0.29) is 23.5 Å². The molecule has 0 amide bonds. The van der Waals surface area contributed by atoms with Crippen LogP contribution >= 0.6 is 15.9 Å². The van der Waals surface area contributed by atoms with Crippen LogP contribution in [0.1, 0.15) is 22.1 Å². The number of oxazole rings is 1. The molecule has 12 heavy (non-hydrogen) atoms. The second-order valence-corrected chi connectivity index (χ2v) is 2.78. The van der Waals surface area contributed by atoms with Gasteiger partial charge in [-0.05, 0) is 0 Å². The van der Waals surface area contributed by atoms with E-state index < -0.39 is 0 Å². The number of hydrogen-bond donors (Lipinski definition) is 1. The van der Waals surface area contributed by atoms with Gasteiger partial charge in [0.1, 0.15) is 5.69 Å². The number of aliphatic hydroxyl groups excluding tert-OH is 1. The Morgan fingerprint density at radius 2 is 2.42 bits per heavy atom. The summed E-state index contributed by atoms with van der Waals surface area (Å²) in [4.78, 5) is 15.0. The molecule has 0 aliphatic carbocycles. The minimum atomic E-state index is -0.272. The molecule has 0 atom stereocenters. The quantitative estimate of drug-likeness (QED) is 0.627. The number of Topliss-reactive ketones (excluding diaryl/α,β-unsaturated/α-hetero) is 1. The van der Waals surface area contributed by atoms with Crippen LogP contribution < -0.4 is 0 Å². The van der Waals surface area contributed by atoms with E-state index in [0.29, 0.717) is 11.6 Å². The number of rotatable bonds is 3. The van der Waals surface area contributed by atoms with Crippen LogP contribution in [0.5, 0.6) is 0 Å². The summed E-state index contributed by atoms with van der Waals surface area (Å²) in [6.07, 6.45) is 0. The van der Waals surface area contributed by atoms with Gasteiger partial charge in [-0.25, -0.2) is 4.98 Å². The molecule has 0 unspecified atom stereocenters. The van der Waals surface area contributed by atoms with Crippen LogP contribution in [0.2, 0.25) is 0 Å². The van der Waals surface area contributed by atoms with Crippen LogP contribution in [0.25, 0.3) is 0 Å². The van der Waals surface area contributed by atoms with Gasteiger partial charge in [0, 0.05) is 6.92 Å². The van der Waals surface area contributed by atoms with E-state index >= 15 is 0 Å². The highest BCUT2D eigenvalue weighted by Crippen LogP contribution is 2.12. The number of aryl methyl sites for hydroxylation is 1. The third-order valence-electron chi connectivity index (χ3n) is 1.33. The Balaban J connectivity index is 3.04. The lowest BCUT2D eigenvalue weighted by Gasteiger charge is -1.91. The largest absolute Gasteiger partial charge is 0.437 e. The van der Waals surface area contributed by atoms with Crippen molar-refractivity contribution in [1.82, 2.24) is 4.98 Å². The molecule has 1 aromatic heterocycles. The molecule has 0 saturated carbocycles. The minimum absolute atomic E-state index is 0.145. The molecule has 5 heteroatoms. The molecular weight excluding hydrogens is 226 g/mol. The van der Waals surface area contributed by atoms with Gasteiger partial charge < -0.3 is 9.52 Å². The molecule has 0 saturated heterocycles. The maximum Gasteiger partial charge on any atom is 0.210 e. The minimum Gasteiger partial charge on any atom is -0.437 e. The number of carbonyl (C=O) groups is 1. The summed E-state index contributed by atoms with van der Waals surface area (Å²) in [7, 11) is 0. The van der Waals surface area contributed by atoms with Crippen LogP contribution in [0.15, 0.2) is 4.42 Å². The zero-order valence-electron chi connectivity index (χ0n) is 6.50. The van der Waals surface area contributed by atoms with E-state index in [1.807, 2.05) is 0 Å². The van der Waals surface area contributed by atoms with Gasteiger partial charge in [-0.3, -0.25) is 4.79 Å². The lowest BCUT2D eigenvalue weighted by atomic mass is 10.3. The van der Waals surface area contributed by atoms with E-state index in [1.165, 1.54) is 0 Å². The molecule has 0 radical (unpaired) electrons. The first-order valence-electron chi connectivity index (χ1n) is 3.35. The normalized spacial score (nSPS) is 10.2. The summed E-state index contributed by atoms with van der Waals surface area (Å²) in [6, 6.07) is 0. The fraction of sp³-hybridized carbons (Fsp3) is 0.429. The molecule has 0 spiro atoms. The zero-order chi connectivity index (χ0) is 9.14. The fourth-order valence-electron chi connectivity index (χ4n) is 0.856. The van der Waals surface area contributed by atoms with Crippen LogP contribution in [0.4, 0.5) is 0 Å².